The lowest BCUT2D eigenvalue weighted by Gasteiger charge is -2.29. The van der Waals surface area contributed by atoms with Crippen molar-refractivity contribution in [3.8, 4) is 0 Å². The summed E-state index contributed by atoms with van der Waals surface area (Å²) in [6, 6.07) is 0.407. The SMILES string of the molecule is O=c1[nH]c(=S)c2c(n1C1CCCCC1)CCCC2. The van der Waals surface area contributed by atoms with Gasteiger partial charge in [-0.2, -0.15) is 0 Å². The molecular formula is C14H20N2OS. The fourth-order valence-corrected chi connectivity index (χ4v) is 3.79. The molecule has 0 aliphatic heterocycles. The van der Waals surface area contributed by atoms with E-state index >= 15 is 0 Å². The van der Waals surface area contributed by atoms with Crippen molar-refractivity contribution in [2.45, 2.75) is 63.8 Å². The van der Waals surface area contributed by atoms with Gasteiger partial charge < -0.3 is 0 Å². The lowest BCUT2D eigenvalue weighted by Crippen LogP contribution is -2.33. The van der Waals surface area contributed by atoms with Crippen LogP contribution in [0.15, 0.2) is 4.79 Å². The Hall–Kier alpha value is -0.900. The number of aromatic amines is 1. The molecule has 0 saturated heterocycles. The Labute approximate surface area is 112 Å². The highest BCUT2D eigenvalue weighted by atomic mass is 32.1. The smallest absolute Gasteiger partial charge is 0.298 e. The van der Waals surface area contributed by atoms with Gasteiger partial charge in [0.1, 0.15) is 4.64 Å². The van der Waals surface area contributed by atoms with Crippen LogP contribution in [0.3, 0.4) is 0 Å². The molecule has 1 saturated carbocycles. The van der Waals surface area contributed by atoms with Crippen LogP contribution < -0.4 is 5.69 Å². The zero-order valence-corrected chi connectivity index (χ0v) is 11.5. The average molecular weight is 264 g/mol. The Morgan fingerprint density at radius 3 is 2.56 bits per heavy atom. The molecule has 0 unspecified atom stereocenters. The highest BCUT2D eigenvalue weighted by Crippen LogP contribution is 2.30. The molecule has 0 aromatic carbocycles. The monoisotopic (exact) mass is 264 g/mol. The molecule has 1 aromatic heterocycles. The summed E-state index contributed by atoms with van der Waals surface area (Å²) >= 11 is 5.32. The van der Waals surface area contributed by atoms with Crippen molar-refractivity contribution >= 4 is 12.2 Å². The van der Waals surface area contributed by atoms with Crippen LogP contribution in [0.2, 0.25) is 0 Å². The lowest BCUT2D eigenvalue weighted by molar-refractivity contribution is 0.330. The molecule has 0 bridgehead atoms. The molecular weight excluding hydrogens is 244 g/mol. The van der Waals surface area contributed by atoms with Crippen molar-refractivity contribution in [2.24, 2.45) is 0 Å². The first kappa shape index (κ1) is 12.2. The standard InChI is InChI=1S/C14H20N2OS/c17-14-15-13(18)11-8-4-5-9-12(11)16(14)10-6-2-1-3-7-10/h10H,1-9H2,(H,15,17,18). The van der Waals surface area contributed by atoms with Gasteiger partial charge in [0.25, 0.3) is 0 Å². The van der Waals surface area contributed by atoms with Gasteiger partial charge in [-0.15, -0.1) is 0 Å². The molecule has 3 nitrogen and oxygen atoms in total. The minimum Gasteiger partial charge on any atom is -0.298 e. The van der Waals surface area contributed by atoms with Crippen LogP contribution in [0.25, 0.3) is 0 Å². The van der Waals surface area contributed by atoms with Crippen molar-refractivity contribution in [2.75, 3.05) is 0 Å². The normalized spacial score (nSPS) is 20.7. The van der Waals surface area contributed by atoms with E-state index in [1.54, 1.807) is 0 Å². The first-order valence-corrected chi connectivity index (χ1v) is 7.55. The molecule has 18 heavy (non-hydrogen) atoms. The summed E-state index contributed by atoms with van der Waals surface area (Å²) in [6.45, 7) is 0. The maximum Gasteiger partial charge on any atom is 0.326 e. The zero-order valence-electron chi connectivity index (χ0n) is 10.7. The molecule has 2 aliphatic carbocycles. The Morgan fingerprint density at radius 2 is 1.78 bits per heavy atom. The first-order chi connectivity index (χ1) is 8.77. The molecule has 1 heterocycles. The topological polar surface area (TPSA) is 37.8 Å². The molecule has 1 fully saturated rings. The van der Waals surface area contributed by atoms with Crippen molar-refractivity contribution in [1.82, 2.24) is 9.55 Å². The van der Waals surface area contributed by atoms with E-state index in [2.05, 4.69) is 4.98 Å². The summed E-state index contributed by atoms with van der Waals surface area (Å²) in [5.74, 6) is 0. The van der Waals surface area contributed by atoms with Crippen molar-refractivity contribution < 1.29 is 0 Å². The van der Waals surface area contributed by atoms with Crippen LogP contribution in [0, 0.1) is 4.64 Å². The fraction of sp³-hybridized carbons (Fsp3) is 0.714. The number of hydrogen-bond acceptors (Lipinski definition) is 2. The van der Waals surface area contributed by atoms with Gasteiger partial charge in [-0.1, -0.05) is 31.5 Å². The quantitative estimate of drug-likeness (QED) is 0.790. The highest BCUT2D eigenvalue weighted by molar-refractivity contribution is 7.71. The van der Waals surface area contributed by atoms with Gasteiger partial charge >= 0.3 is 5.69 Å². The maximum absolute atomic E-state index is 12.3. The van der Waals surface area contributed by atoms with E-state index in [4.69, 9.17) is 12.2 Å². The highest BCUT2D eigenvalue weighted by Gasteiger charge is 2.23. The van der Waals surface area contributed by atoms with Crippen LogP contribution in [0.1, 0.15) is 62.2 Å². The molecule has 0 amide bonds. The van der Waals surface area contributed by atoms with E-state index in [0.717, 1.165) is 25.7 Å². The van der Waals surface area contributed by atoms with Crippen molar-refractivity contribution in [3.63, 3.8) is 0 Å². The molecule has 0 atom stereocenters. The summed E-state index contributed by atoms with van der Waals surface area (Å²) in [5.41, 5.74) is 2.50. The van der Waals surface area contributed by atoms with Gasteiger partial charge in [0.2, 0.25) is 0 Å². The summed E-state index contributed by atoms with van der Waals surface area (Å²) in [6.07, 6.45) is 10.6. The number of nitrogens with zero attached hydrogens (tertiary/aromatic N) is 1. The molecule has 98 valence electrons. The minimum absolute atomic E-state index is 0.0209. The van der Waals surface area contributed by atoms with Crippen LogP contribution in [0.4, 0.5) is 0 Å². The third-order valence-electron chi connectivity index (χ3n) is 4.38. The third-order valence-corrected chi connectivity index (χ3v) is 4.73. The largest absolute Gasteiger partial charge is 0.326 e. The second kappa shape index (κ2) is 5.00. The van der Waals surface area contributed by atoms with Crippen molar-refractivity contribution in [3.05, 3.63) is 26.4 Å². The maximum atomic E-state index is 12.3. The molecule has 1 aromatic rings. The van der Waals surface area contributed by atoms with E-state index in [-0.39, 0.29) is 5.69 Å². The van der Waals surface area contributed by atoms with E-state index < -0.39 is 0 Å². The number of fused-ring (bicyclic) bond motifs is 1. The third kappa shape index (κ3) is 2.07. The minimum atomic E-state index is 0.0209. The van der Waals surface area contributed by atoms with Gasteiger partial charge in [0.15, 0.2) is 0 Å². The second-order valence-electron chi connectivity index (χ2n) is 5.55. The molecule has 1 N–H and O–H groups in total. The van der Waals surface area contributed by atoms with Gasteiger partial charge in [-0.25, -0.2) is 4.79 Å². The number of rotatable bonds is 1. The molecule has 2 aliphatic rings. The van der Waals surface area contributed by atoms with Crippen LogP contribution in [-0.4, -0.2) is 9.55 Å². The number of nitrogens with one attached hydrogen (secondary N) is 1. The second-order valence-corrected chi connectivity index (χ2v) is 5.96. The molecule has 4 heteroatoms. The van der Waals surface area contributed by atoms with E-state index in [0.29, 0.717) is 10.7 Å². The molecule has 0 radical (unpaired) electrons. The first-order valence-electron chi connectivity index (χ1n) is 7.14. The average Bonchev–Trinajstić information content (AvgIpc) is 2.40. The van der Waals surface area contributed by atoms with E-state index in [1.807, 2.05) is 4.57 Å². The van der Waals surface area contributed by atoms with Gasteiger partial charge in [0.05, 0.1) is 0 Å². The Morgan fingerprint density at radius 1 is 1.06 bits per heavy atom. The van der Waals surface area contributed by atoms with Crippen LogP contribution >= 0.6 is 12.2 Å². The summed E-state index contributed by atoms with van der Waals surface area (Å²) in [7, 11) is 0. The summed E-state index contributed by atoms with van der Waals surface area (Å²) in [4.78, 5) is 15.1. The number of H-pyrrole nitrogens is 1. The number of hydrogen-bond donors (Lipinski definition) is 1. The summed E-state index contributed by atoms with van der Waals surface area (Å²) < 4.78 is 2.73. The van der Waals surface area contributed by atoms with E-state index in [1.165, 1.54) is 43.4 Å². The Balaban J connectivity index is 2.12. The van der Waals surface area contributed by atoms with Gasteiger partial charge in [-0.05, 0) is 38.5 Å². The molecule has 0 spiro atoms. The number of aromatic nitrogens is 2. The van der Waals surface area contributed by atoms with Crippen LogP contribution in [0.5, 0.6) is 0 Å². The Kier molecular flexibility index (Phi) is 3.37. The Bertz CT molecular complexity index is 552. The van der Waals surface area contributed by atoms with Gasteiger partial charge in [-0.3, -0.25) is 9.55 Å². The summed E-state index contributed by atoms with van der Waals surface area (Å²) in [5, 5.41) is 0. The van der Waals surface area contributed by atoms with E-state index in [9.17, 15) is 4.79 Å². The predicted octanol–water partition coefficient (Wildman–Crippen LogP) is 3.29. The van der Waals surface area contributed by atoms with Gasteiger partial charge in [0, 0.05) is 17.3 Å². The lowest BCUT2D eigenvalue weighted by atomic mass is 9.92. The molecule has 3 rings (SSSR count). The predicted molar refractivity (Wildman–Crippen MR) is 74.7 cm³/mol. The zero-order chi connectivity index (χ0) is 12.5. The van der Waals surface area contributed by atoms with Crippen LogP contribution in [-0.2, 0) is 12.8 Å². The van der Waals surface area contributed by atoms with Crippen molar-refractivity contribution in [1.29, 1.82) is 0 Å². The fourth-order valence-electron chi connectivity index (χ4n) is 3.48.